The molecule has 0 bridgehead atoms. The zero-order valence-corrected chi connectivity index (χ0v) is 12.1. The van der Waals surface area contributed by atoms with Crippen molar-refractivity contribution in [2.45, 2.75) is 38.3 Å². The first kappa shape index (κ1) is 15.0. The molecule has 1 aromatic rings. The van der Waals surface area contributed by atoms with Crippen LogP contribution < -0.4 is 10.6 Å². The molecule has 1 aromatic carbocycles. The third kappa shape index (κ3) is 4.62. The third-order valence-electron chi connectivity index (χ3n) is 3.63. The molecule has 2 rings (SSSR count). The lowest BCUT2D eigenvalue weighted by Crippen LogP contribution is -2.40. The van der Waals surface area contributed by atoms with Crippen LogP contribution >= 0.6 is 0 Å². The van der Waals surface area contributed by atoms with Gasteiger partial charge in [-0.2, -0.15) is 0 Å². The van der Waals surface area contributed by atoms with Gasteiger partial charge >= 0.3 is 0 Å². The quantitative estimate of drug-likeness (QED) is 0.749. The zero-order chi connectivity index (χ0) is 14.2. The summed E-state index contributed by atoms with van der Waals surface area (Å²) in [5, 5.41) is 6.15. The van der Waals surface area contributed by atoms with Gasteiger partial charge in [0.15, 0.2) is 0 Å². The van der Waals surface area contributed by atoms with E-state index in [1.807, 2.05) is 18.2 Å². The summed E-state index contributed by atoms with van der Waals surface area (Å²) in [6, 6.07) is 10.2. The van der Waals surface area contributed by atoms with Gasteiger partial charge in [-0.15, -0.1) is 0 Å². The largest absolute Gasteiger partial charge is 0.374 e. The average Bonchev–Trinajstić information content (AvgIpc) is 3.01. The van der Waals surface area contributed by atoms with Crippen molar-refractivity contribution < 1.29 is 9.53 Å². The van der Waals surface area contributed by atoms with Crippen molar-refractivity contribution in [2.24, 2.45) is 0 Å². The first-order chi connectivity index (χ1) is 9.77. The highest BCUT2D eigenvalue weighted by atomic mass is 16.5. The van der Waals surface area contributed by atoms with Crippen molar-refractivity contribution in [1.29, 1.82) is 0 Å². The van der Waals surface area contributed by atoms with E-state index in [9.17, 15) is 4.79 Å². The SMILES string of the molecule is CC(OCCCNC(=O)C1CCCN1)c1ccccc1. The van der Waals surface area contributed by atoms with Gasteiger partial charge in [-0.3, -0.25) is 4.79 Å². The lowest BCUT2D eigenvalue weighted by atomic mass is 10.1. The van der Waals surface area contributed by atoms with Crippen LogP contribution in [0.15, 0.2) is 30.3 Å². The molecule has 4 heteroatoms. The normalized spacial score (nSPS) is 19.8. The van der Waals surface area contributed by atoms with Crippen LogP contribution in [0.25, 0.3) is 0 Å². The van der Waals surface area contributed by atoms with E-state index in [0.717, 1.165) is 25.8 Å². The molecule has 1 amide bonds. The van der Waals surface area contributed by atoms with E-state index in [1.165, 1.54) is 5.56 Å². The molecular formula is C16H24N2O2. The van der Waals surface area contributed by atoms with Crippen molar-refractivity contribution in [2.75, 3.05) is 19.7 Å². The molecule has 1 saturated heterocycles. The predicted octanol–water partition coefficient (Wildman–Crippen LogP) is 2.02. The summed E-state index contributed by atoms with van der Waals surface area (Å²) in [7, 11) is 0. The summed E-state index contributed by atoms with van der Waals surface area (Å²) in [5.74, 6) is 0.124. The number of benzene rings is 1. The molecule has 0 aromatic heterocycles. The molecule has 0 aliphatic carbocycles. The van der Waals surface area contributed by atoms with Gasteiger partial charge in [0.05, 0.1) is 12.1 Å². The number of amides is 1. The van der Waals surface area contributed by atoms with Crippen LogP contribution in [0.1, 0.15) is 37.9 Å². The van der Waals surface area contributed by atoms with Crippen molar-refractivity contribution >= 4 is 5.91 Å². The number of nitrogens with one attached hydrogen (secondary N) is 2. The Morgan fingerprint density at radius 3 is 2.95 bits per heavy atom. The minimum atomic E-state index is 0.0131. The molecule has 4 nitrogen and oxygen atoms in total. The zero-order valence-electron chi connectivity index (χ0n) is 12.1. The Morgan fingerprint density at radius 2 is 2.25 bits per heavy atom. The molecule has 1 heterocycles. The van der Waals surface area contributed by atoms with Crippen LogP contribution in [-0.4, -0.2) is 31.6 Å². The summed E-state index contributed by atoms with van der Waals surface area (Å²) in [6.07, 6.45) is 2.99. The first-order valence-electron chi connectivity index (χ1n) is 7.45. The van der Waals surface area contributed by atoms with Gasteiger partial charge in [0.2, 0.25) is 5.91 Å². The summed E-state index contributed by atoms with van der Waals surface area (Å²) in [5.41, 5.74) is 1.19. The van der Waals surface area contributed by atoms with Gasteiger partial charge in [-0.25, -0.2) is 0 Å². The number of carbonyl (C=O) groups excluding carboxylic acids is 1. The van der Waals surface area contributed by atoms with Crippen LogP contribution in [-0.2, 0) is 9.53 Å². The second kappa shape index (κ2) is 8.02. The van der Waals surface area contributed by atoms with Crippen molar-refractivity contribution in [3.8, 4) is 0 Å². The fourth-order valence-corrected chi connectivity index (χ4v) is 2.40. The summed E-state index contributed by atoms with van der Waals surface area (Å²) < 4.78 is 5.77. The van der Waals surface area contributed by atoms with Crippen LogP contribution in [0.2, 0.25) is 0 Å². The molecule has 20 heavy (non-hydrogen) atoms. The van der Waals surface area contributed by atoms with E-state index in [4.69, 9.17) is 4.74 Å². The Kier molecular flexibility index (Phi) is 6.02. The molecule has 0 spiro atoms. The molecule has 1 aliphatic heterocycles. The van der Waals surface area contributed by atoms with Crippen molar-refractivity contribution in [1.82, 2.24) is 10.6 Å². The summed E-state index contributed by atoms with van der Waals surface area (Å²) >= 11 is 0. The van der Waals surface area contributed by atoms with Gasteiger partial charge in [0, 0.05) is 13.2 Å². The van der Waals surface area contributed by atoms with Gasteiger partial charge in [-0.1, -0.05) is 30.3 Å². The van der Waals surface area contributed by atoms with Crippen molar-refractivity contribution in [3.05, 3.63) is 35.9 Å². The predicted molar refractivity (Wildman–Crippen MR) is 79.5 cm³/mol. The maximum absolute atomic E-state index is 11.7. The van der Waals surface area contributed by atoms with E-state index in [1.54, 1.807) is 0 Å². The number of rotatable bonds is 7. The highest BCUT2D eigenvalue weighted by Gasteiger charge is 2.21. The molecule has 2 atom stereocenters. The minimum Gasteiger partial charge on any atom is -0.374 e. The van der Waals surface area contributed by atoms with Crippen molar-refractivity contribution in [3.63, 3.8) is 0 Å². The second-order valence-corrected chi connectivity index (χ2v) is 5.22. The molecule has 1 aliphatic rings. The monoisotopic (exact) mass is 276 g/mol. The van der Waals surface area contributed by atoms with Crippen LogP contribution in [0.5, 0.6) is 0 Å². The first-order valence-corrected chi connectivity index (χ1v) is 7.45. The van der Waals surface area contributed by atoms with Gasteiger partial charge in [0.1, 0.15) is 0 Å². The highest BCUT2D eigenvalue weighted by Crippen LogP contribution is 2.15. The summed E-state index contributed by atoms with van der Waals surface area (Å²) in [4.78, 5) is 11.7. The van der Waals surface area contributed by atoms with Crippen LogP contribution in [0, 0.1) is 0 Å². The molecule has 0 radical (unpaired) electrons. The minimum absolute atomic E-state index is 0.0131. The average molecular weight is 276 g/mol. The molecule has 2 unspecified atom stereocenters. The maximum Gasteiger partial charge on any atom is 0.237 e. The molecule has 2 N–H and O–H groups in total. The Bertz CT molecular complexity index is 402. The molecular weight excluding hydrogens is 252 g/mol. The lowest BCUT2D eigenvalue weighted by molar-refractivity contribution is -0.122. The Balaban J connectivity index is 1.56. The molecule has 0 saturated carbocycles. The topological polar surface area (TPSA) is 50.4 Å². The van der Waals surface area contributed by atoms with Gasteiger partial charge in [0.25, 0.3) is 0 Å². The summed E-state index contributed by atoms with van der Waals surface area (Å²) in [6.45, 7) is 4.35. The Hall–Kier alpha value is -1.39. The number of carbonyl (C=O) groups is 1. The van der Waals surface area contributed by atoms with Gasteiger partial charge in [-0.05, 0) is 38.3 Å². The second-order valence-electron chi connectivity index (χ2n) is 5.22. The lowest BCUT2D eigenvalue weighted by Gasteiger charge is -2.14. The maximum atomic E-state index is 11.7. The van der Waals surface area contributed by atoms with Crippen LogP contribution in [0.3, 0.4) is 0 Å². The molecule has 1 fully saturated rings. The molecule has 110 valence electrons. The fraction of sp³-hybridized carbons (Fsp3) is 0.562. The van der Waals surface area contributed by atoms with E-state index in [2.05, 4.69) is 29.7 Å². The Labute approximate surface area is 120 Å². The van der Waals surface area contributed by atoms with Crippen LogP contribution in [0.4, 0.5) is 0 Å². The van der Waals surface area contributed by atoms with Gasteiger partial charge < -0.3 is 15.4 Å². The van der Waals surface area contributed by atoms with E-state index >= 15 is 0 Å². The van der Waals surface area contributed by atoms with E-state index < -0.39 is 0 Å². The third-order valence-corrected chi connectivity index (χ3v) is 3.63. The van der Waals surface area contributed by atoms with E-state index in [0.29, 0.717) is 13.2 Å². The smallest absolute Gasteiger partial charge is 0.237 e. The highest BCUT2D eigenvalue weighted by molar-refractivity contribution is 5.81. The van der Waals surface area contributed by atoms with E-state index in [-0.39, 0.29) is 18.1 Å². The Morgan fingerprint density at radius 1 is 1.45 bits per heavy atom. The number of hydrogen-bond acceptors (Lipinski definition) is 3. The standard InChI is InChI=1S/C16H24N2O2/c1-13(14-7-3-2-4-8-14)20-12-6-11-18-16(19)15-9-5-10-17-15/h2-4,7-8,13,15,17H,5-6,9-12H2,1H3,(H,18,19). The number of ether oxygens (including phenoxy) is 1. The number of hydrogen-bond donors (Lipinski definition) is 2. The fourth-order valence-electron chi connectivity index (χ4n) is 2.40.